The summed E-state index contributed by atoms with van der Waals surface area (Å²) < 4.78 is 1.98. The molecular weight excluding hydrogens is 336 g/mol. The van der Waals surface area contributed by atoms with Gasteiger partial charge in [0, 0.05) is 19.3 Å². The lowest BCUT2D eigenvalue weighted by Gasteiger charge is -2.36. The number of rotatable bonds is 3. The van der Waals surface area contributed by atoms with Crippen molar-refractivity contribution in [2.24, 2.45) is 0 Å². The number of amides is 1. The molecule has 0 aliphatic carbocycles. The summed E-state index contributed by atoms with van der Waals surface area (Å²) in [7, 11) is 0. The first-order valence-corrected chi connectivity index (χ1v) is 10.3. The predicted octanol–water partition coefficient (Wildman–Crippen LogP) is 3.79. The van der Waals surface area contributed by atoms with Crippen LogP contribution in [0.25, 0.3) is 0 Å². The van der Waals surface area contributed by atoms with Gasteiger partial charge < -0.3 is 10.2 Å². The van der Waals surface area contributed by atoms with E-state index in [1.54, 1.807) is 0 Å². The Labute approximate surface area is 161 Å². The second-order valence-corrected chi connectivity index (χ2v) is 7.98. The van der Waals surface area contributed by atoms with Crippen LogP contribution in [0.4, 0.5) is 0 Å². The number of hydrogen-bond donors (Lipinski definition) is 1. The second kappa shape index (κ2) is 7.85. The molecule has 2 fully saturated rings. The molecule has 0 saturated carbocycles. The van der Waals surface area contributed by atoms with Gasteiger partial charge in [0.2, 0.25) is 0 Å². The molecule has 2 saturated heterocycles. The Morgan fingerprint density at radius 2 is 2.04 bits per heavy atom. The maximum Gasteiger partial charge on any atom is 0.274 e. The largest absolute Gasteiger partial charge is 0.330 e. The molecule has 2 aliphatic heterocycles. The third kappa shape index (κ3) is 3.65. The van der Waals surface area contributed by atoms with Gasteiger partial charge in [-0.1, -0.05) is 18.2 Å². The summed E-state index contributed by atoms with van der Waals surface area (Å²) >= 11 is 0. The predicted molar refractivity (Wildman–Crippen MR) is 107 cm³/mol. The molecule has 1 aromatic carbocycles. The van der Waals surface area contributed by atoms with Crippen molar-refractivity contribution < 1.29 is 4.79 Å². The molecule has 0 radical (unpaired) electrons. The van der Waals surface area contributed by atoms with E-state index in [9.17, 15) is 4.79 Å². The molecule has 2 aromatic rings. The topological polar surface area (TPSA) is 50.2 Å². The fraction of sp³-hybridized carbons (Fsp3) is 0.545. The van der Waals surface area contributed by atoms with E-state index in [2.05, 4.69) is 47.4 Å². The Morgan fingerprint density at radius 1 is 1.15 bits per heavy atom. The first kappa shape index (κ1) is 18.2. The van der Waals surface area contributed by atoms with Gasteiger partial charge >= 0.3 is 0 Å². The van der Waals surface area contributed by atoms with Crippen LogP contribution in [-0.4, -0.2) is 40.2 Å². The molecule has 2 aliphatic rings. The molecule has 0 spiro atoms. The van der Waals surface area contributed by atoms with E-state index in [1.807, 2.05) is 16.9 Å². The number of carbonyl (C=O) groups is 1. The zero-order valence-electron chi connectivity index (χ0n) is 16.4. The van der Waals surface area contributed by atoms with Gasteiger partial charge in [-0.3, -0.25) is 9.48 Å². The summed E-state index contributed by atoms with van der Waals surface area (Å²) in [4.78, 5) is 15.4. The minimum Gasteiger partial charge on any atom is -0.330 e. The number of piperidine rings is 2. The van der Waals surface area contributed by atoms with Gasteiger partial charge in [-0.15, -0.1) is 0 Å². The van der Waals surface area contributed by atoms with Crippen LogP contribution in [0.3, 0.4) is 0 Å². The molecule has 5 heteroatoms. The maximum atomic E-state index is 13.3. The Bertz CT molecular complexity index is 806. The zero-order valence-corrected chi connectivity index (χ0v) is 16.4. The van der Waals surface area contributed by atoms with Crippen molar-refractivity contribution in [3.05, 3.63) is 52.8 Å². The zero-order chi connectivity index (χ0) is 18.8. The fourth-order valence-electron chi connectivity index (χ4n) is 4.49. The molecule has 1 amide bonds. The standard InChI is InChI=1S/C22H30N4O/c1-16-7-5-9-19(17(16)2)21-10-3-4-13-25(21)22(27)20-11-14-26(24-20)18-8-6-12-23-15-18/h5,7,9,11,14,18,21,23H,3-4,6,8,10,12-13,15H2,1-2H3. The normalized spacial score (nSPS) is 23.4. The summed E-state index contributed by atoms with van der Waals surface area (Å²) in [6.07, 6.45) is 7.53. The number of likely N-dealkylation sites (tertiary alicyclic amines) is 1. The van der Waals surface area contributed by atoms with Crippen molar-refractivity contribution in [1.82, 2.24) is 20.0 Å². The summed E-state index contributed by atoms with van der Waals surface area (Å²) in [6.45, 7) is 7.15. The summed E-state index contributed by atoms with van der Waals surface area (Å²) in [5.74, 6) is 0.0723. The highest BCUT2D eigenvalue weighted by Crippen LogP contribution is 2.34. The van der Waals surface area contributed by atoms with Crippen LogP contribution in [0.5, 0.6) is 0 Å². The van der Waals surface area contributed by atoms with Gasteiger partial charge in [-0.2, -0.15) is 5.10 Å². The van der Waals surface area contributed by atoms with E-state index >= 15 is 0 Å². The monoisotopic (exact) mass is 366 g/mol. The van der Waals surface area contributed by atoms with Crippen molar-refractivity contribution in [1.29, 1.82) is 0 Å². The first-order valence-electron chi connectivity index (χ1n) is 10.3. The molecule has 1 N–H and O–H groups in total. The quantitative estimate of drug-likeness (QED) is 0.899. The van der Waals surface area contributed by atoms with Crippen LogP contribution in [-0.2, 0) is 0 Å². The maximum absolute atomic E-state index is 13.3. The van der Waals surface area contributed by atoms with Gasteiger partial charge in [-0.05, 0) is 75.3 Å². The van der Waals surface area contributed by atoms with Crippen LogP contribution in [0.15, 0.2) is 30.5 Å². The third-order valence-electron chi connectivity index (χ3n) is 6.24. The smallest absolute Gasteiger partial charge is 0.274 e. The first-order chi connectivity index (χ1) is 13.1. The Balaban J connectivity index is 1.57. The van der Waals surface area contributed by atoms with Gasteiger partial charge in [0.1, 0.15) is 5.69 Å². The van der Waals surface area contributed by atoms with Crippen LogP contribution >= 0.6 is 0 Å². The lowest BCUT2D eigenvalue weighted by molar-refractivity contribution is 0.0603. The van der Waals surface area contributed by atoms with E-state index in [0.717, 1.165) is 45.3 Å². The molecule has 4 rings (SSSR count). The molecule has 2 atom stereocenters. The molecule has 27 heavy (non-hydrogen) atoms. The fourth-order valence-corrected chi connectivity index (χ4v) is 4.49. The van der Waals surface area contributed by atoms with Gasteiger partial charge in [0.15, 0.2) is 0 Å². The van der Waals surface area contributed by atoms with E-state index in [4.69, 9.17) is 0 Å². The van der Waals surface area contributed by atoms with Crippen LogP contribution in [0, 0.1) is 13.8 Å². The molecule has 5 nitrogen and oxygen atoms in total. The van der Waals surface area contributed by atoms with Crippen molar-refractivity contribution in [3.8, 4) is 0 Å². The van der Waals surface area contributed by atoms with Gasteiger partial charge in [-0.25, -0.2) is 0 Å². The molecule has 3 heterocycles. The van der Waals surface area contributed by atoms with Gasteiger partial charge in [0.25, 0.3) is 5.91 Å². The second-order valence-electron chi connectivity index (χ2n) is 7.98. The molecular formula is C22H30N4O. The van der Waals surface area contributed by atoms with Crippen molar-refractivity contribution in [2.75, 3.05) is 19.6 Å². The minimum atomic E-state index is 0.0723. The number of aromatic nitrogens is 2. The van der Waals surface area contributed by atoms with Gasteiger partial charge in [0.05, 0.1) is 12.1 Å². The molecule has 2 unspecified atom stereocenters. The Hall–Kier alpha value is -2.14. The summed E-state index contributed by atoms with van der Waals surface area (Å²) in [5.41, 5.74) is 4.47. The SMILES string of the molecule is Cc1cccc(C2CCCCN2C(=O)c2ccn(C3CCCNC3)n2)c1C. The highest BCUT2D eigenvalue weighted by molar-refractivity contribution is 5.92. The number of benzene rings is 1. The van der Waals surface area contributed by atoms with E-state index in [-0.39, 0.29) is 11.9 Å². The number of aryl methyl sites for hydroxylation is 1. The average molecular weight is 367 g/mol. The number of hydrogen-bond acceptors (Lipinski definition) is 3. The molecule has 144 valence electrons. The number of nitrogens with zero attached hydrogens (tertiary/aromatic N) is 3. The molecule has 1 aromatic heterocycles. The highest BCUT2D eigenvalue weighted by Gasteiger charge is 2.31. The van der Waals surface area contributed by atoms with Crippen LogP contribution < -0.4 is 5.32 Å². The lowest BCUT2D eigenvalue weighted by atomic mass is 9.90. The number of nitrogens with one attached hydrogen (secondary N) is 1. The number of carbonyl (C=O) groups excluding carboxylic acids is 1. The van der Waals surface area contributed by atoms with E-state index in [1.165, 1.54) is 23.1 Å². The summed E-state index contributed by atoms with van der Waals surface area (Å²) in [6, 6.07) is 8.86. The highest BCUT2D eigenvalue weighted by atomic mass is 16.2. The van der Waals surface area contributed by atoms with Crippen LogP contribution in [0.2, 0.25) is 0 Å². The Morgan fingerprint density at radius 3 is 2.85 bits per heavy atom. The molecule has 0 bridgehead atoms. The van der Waals surface area contributed by atoms with E-state index < -0.39 is 0 Å². The Kier molecular flexibility index (Phi) is 5.30. The van der Waals surface area contributed by atoms with Crippen molar-refractivity contribution >= 4 is 5.91 Å². The summed E-state index contributed by atoms with van der Waals surface area (Å²) in [5, 5.41) is 8.08. The lowest BCUT2D eigenvalue weighted by Crippen LogP contribution is -2.39. The average Bonchev–Trinajstić information content (AvgIpc) is 3.20. The minimum absolute atomic E-state index is 0.0723. The van der Waals surface area contributed by atoms with Crippen molar-refractivity contribution in [2.45, 2.75) is 58.0 Å². The van der Waals surface area contributed by atoms with Crippen LogP contribution in [0.1, 0.15) is 71.4 Å². The van der Waals surface area contributed by atoms with E-state index in [0.29, 0.717) is 11.7 Å². The van der Waals surface area contributed by atoms with Crippen molar-refractivity contribution in [3.63, 3.8) is 0 Å². The third-order valence-corrected chi connectivity index (χ3v) is 6.24.